The topological polar surface area (TPSA) is 58.4 Å². The van der Waals surface area contributed by atoms with Crippen molar-refractivity contribution in [3.05, 3.63) is 72.5 Å². The lowest BCUT2D eigenvalue weighted by atomic mass is 9.98. The largest absolute Gasteiger partial charge is 0.503 e. The standard InChI is InChI=1S/C21H25N3O2/c1-16(2)9-10-18-19(17-7-4-3-5-8-17)20(25)21(26)24(18)13-6-12-23-14-11-22-15-23/h3-5,7-11,14-16,18,25H,6,12-13H2,1-2H3/b10-9+. The van der Waals surface area contributed by atoms with Crippen molar-refractivity contribution in [1.82, 2.24) is 14.5 Å². The summed E-state index contributed by atoms with van der Waals surface area (Å²) in [4.78, 5) is 18.5. The van der Waals surface area contributed by atoms with Gasteiger partial charge in [-0.1, -0.05) is 56.3 Å². The molecule has 0 fully saturated rings. The molecule has 1 unspecified atom stereocenters. The first-order chi connectivity index (χ1) is 12.6. The molecule has 5 heteroatoms. The highest BCUT2D eigenvalue weighted by Crippen LogP contribution is 2.33. The van der Waals surface area contributed by atoms with Crippen molar-refractivity contribution >= 4 is 11.5 Å². The van der Waals surface area contributed by atoms with Crippen LogP contribution in [0.25, 0.3) is 5.57 Å². The summed E-state index contributed by atoms with van der Waals surface area (Å²) >= 11 is 0. The lowest BCUT2D eigenvalue weighted by molar-refractivity contribution is -0.128. The van der Waals surface area contributed by atoms with E-state index in [1.165, 1.54) is 0 Å². The molecule has 0 radical (unpaired) electrons. The molecule has 1 aliphatic rings. The van der Waals surface area contributed by atoms with E-state index in [4.69, 9.17) is 0 Å². The van der Waals surface area contributed by atoms with Gasteiger partial charge in [-0.15, -0.1) is 0 Å². The van der Waals surface area contributed by atoms with Crippen LogP contribution in [0.15, 0.2) is 67.0 Å². The molecule has 2 heterocycles. The van der Waals surface area contributed by atoms with Crippen LogP contribution in [0.1, 0.15) is 25.8 Å². The van der Waals surface area contributed by atoms with Crippen LogP contribution >= 0.6 is 0 Å². The molecule has 0 bridgehead atoms. The number of nitrogens with zero attached hydrogens (tertiary/aromatic N) is 3. The number of imidazole rings is 1. The Hall–Kier alpha value is -2.82. The van der Waals surface area contributed by atoms with E-state index >= 15 is 0 Å². The molecular formula is C21H25N3O2. The Morgan fingerprint density at radius 1 is 1.23 bits per heavy atom. The first kappa shape index (κ1) is 18.0. The minimum Gasteiger partial charge on any atom is -0.503 e. The Balaban J connectivity index is 1.82. The highest BCUT2D eigenvalue weighted by molar-refractivity contribution is 6.05. The lowest BCUT2D eigenvalue weighted by Crippen LogP contribution is -2.35. The lowest BCUT2D eigenvalue weighted by Gasteiger charge is -2.25. The van der Waals surface area contributed by atoms with E-state index in [1.54, 1.807) is 17.4 Å². The second-order valence-electron chi connectivity index (χ2n) is 6.85. The van der Waals surface area contributed by atoms with E-state index in [9.17, 15) is 9.90 Å². The fraction of sp³-hybridized carbons (Fsp3) is 0.333. The van der Waals surface area contributed by atoms with Crippen LogP contribution in [-0.2, 0) is 11.3 Å². The van der Waals surface area contributed by atoms with Gasteiger partial charge in [-0.2, -0.15) is 0 Å². The number of carbonyl (C=O) groups is 1. The Bertz CT molecular complexity index is 792. The van der Waals surface area contributed by atoms with E-state index < -0.39 is 0 Å². The van der Waals surface area contributed by atoms with Crippen molar-refractivity contribution in [2.45, 2.75) is 32.9 Å². The number of carbonyl (C=O) groups excluding carboxylic acids is 1. The van der Waals surface area contributed by atoms with Crippen LogP contribution in [0.5, 0.6) is 0 Å². The van der Waals surface area contributed by atoms with Crippen LogP contribution < -0.4 is 0 Å². The van der Waals surface area contributed by atoms with E-state index in [-0.39, 0.29) is 17.7 Å². The molecule has 1 aromatic carbocycles. The number of aryl methyl sites for hydroxylation is 1. The van der Waals surface area contributed by atoms with E-state index in [0.717, 1.165) is 18.5 Å². The third-order valence-electron chi connectivity index (χ3n) is 4.49. The molecule has 3 rings (SSSR count). The van der Waals surface area contributed by atoms with Crippen LogP contribution in [0.4, 0.5) is 0 Å². The monoisotopic (exact) mass is 351 g/mol. The predicted molar refractivity (Wildman–Crippen MR) is 102 cm³/mol. The molecular weight excluding hydrogens is 326 g/mol. The molecule has 0 spiro atoms. The van der Waals surface area contributed by atoms with Crippen LogP contribution in [0, 0.1) is 5.92 Å². The fourth-order valence-electron chi connectivity index (χ4n) is 3.21. The summed E-state index contributed by atoms with van der Waals surface area (Å²) in [5, 5.41) is 10.5. The number of hydrogen-bond donors (Lipinski definition) is 1. The number of amides is 1. The molecule has 1 aliphatic heterocycles. The van der Waals surface area contributed by atoms with Gasteiger partial charge in [-0.25, -0.2) is 4.98 Å². The van der Waals surface area contributed by atoms with Crippen LogP contribution in [-0.4, -0.2) is 38.1 Å². The van der Waals surface area contributed by atoms with E-state index in [0.29, 0.717) is 18.0 Å². The average Bonchev–Trinajstić information content (AvgIpc) is 3.23. The molecule has 0 aliphatic carbocycles. The maximum absolute atomic E-state index is 12.7. The minimum atomic E-state index is -0.298. The van der Waals surface area contributed by atoms with E-state index in [1.807, 2.05) is 47.2 Å². The maximum Gasteiger partial charge on any atom is 0.289 e. The average molecular weight is 351 g/mol. The molecule has 1 N–H and O–H groups in total. The summed E-state index contributed by atoms with van der Waals surface area (Å²) in [6.07, 6.45) is 10.3. The number of aromatic nitrogens is 2. The summed E-state index contributed by atoms with van der Waals surface area (Å²) in [5.74, 6) is -0.0669. The third-order valence-corrected chi connectivity index (χ3v) is 4.49. The summed E-state index contributed by atoms with van der Waals surface area (Å²) < 4.78 is 1.99. The third kappa shape index (κ3) is 3.87. The van der Waals surface area contributed by atoms with Gasteiger partial charge in [0.1, 0.15) is 0 Å². The van der Waals surface area contributed by atoms with Gasteiger partial charge in [0.2, 0.25) is 0 Å². The number of aliphatic hydroxyl groups is 1. The highest BCUT2D eigenvalue weighted by atomic mass is 16.3. The van der Waals surface area contributed by atoms with Crippen LogP contribution in [0.3, 0.4) is 0 Å². The second kappa shape index (κ2) is 8.04. The SMILES string of the molecule is CC(C)/C=C/C1C(c2ccccc2)=C(O)C(=O)N1CCCn1ccnc1. The molecule has 1 atom stereocenters. The summed E-state index contributed by atoms with van der Waals surface area (Å²) in [6.45, 7) is 5.56. The summed E-state index contributed by atoms with van der Waals surface area (Å²) in [5.41, 5.74) is 1.57. The van der Waals surface area contributed by atoms with Gasteiger partial charge in [-0.05, 0) is 17.9 Å². The van der Waals surface area contributed by atoms with Crippen LogP contribution in [0.2, 0.25) is 0 Å². The predicted octanol–water partition coefficient (Wildman–Crippen LogP) is 3.67. The minimum absolute atomic E-state index is 0.141. The molecule has 2 aromatic rings. The van der Waals surface area contributed by atoms with Gasteiger partial charge in [0.25, 0.3) is 5.91 Å². The van der Waals surface area contributed by atoms with Gasteiger partial charge in [0.15, 0.2) is 5.76 Å². The second-order valence-corrected chi connectivity index (χ2v) is 6.85. The normalized spacial score (nSPS) is 17.9. The van der Waals surface area contributed by atoms with E-state index in [2.05, 4.69) is 24.9 Å². The Morgan fingerprint density at radius 3 is 2.65 bits per heavy atom. The molecule has 0 saturated carbocycles. The molecule has 1 amide bonds. The fourth-order valence-corrected chi connectivity index (χ4v) is 3.21. The number of hydrogen-bond acceptors (Lipinski definition) is 3. The van der Waals surface area contributed by atoms with Gasteiger partial charge in [-0.3, -0.25) is 4.79 Å². The van der Waals surface area contributed by atoms with Crippen molar-refractivity contribution in [2.75, 3.05) is 6.54 Å². The van der Waals surface area contributed by atoms with Crippen molar-refractivity contribution in [1.29, 1.82) is 0 Å². The quantitative estimate of drug-likeness (QED) is 0.775. The Kier molecular flexibility index (Phi) is 5.56. The maximum atomic E-state index is 12.7. The molecule has 5 nitrogen and oxygen atoms in total. The summed E-state index contributed by atoms with van der Waals surface area (Å²) in [7, 11) is 0. The smallest absolute Gasteiger partial charge is 0.289 e. The zero-order valence-corrected chi connectivity index (χ0v) is 15.2. The van der Waals surface area contributed by atoms with Gasteiger partial charge >= 0.3 is 0 Å². The van der Waals surface area contributed by atoms with Gasteiger partial charge in [0, 0.05) is 31.1 Å². The zero-order chi connectivity index (χ0) is 18.5. The Morgan fingerprint density at radius 2 is 2.00 bits per heavy atom. The van der Waals surface area contributed by atoms with Gasteiger partial charge in [0.05, 0.1) is 12.4 Å². The van der Waals surface area contributed by atoms with Crippen molar-refractivity contribution in [2.24, 2.45) is 5.92 Å². The zero-order valence-electron chi connectivity index (χ0n) is 15.2. The first-order valence-corrected chi connectivity index (χ1v) is 9.01. The highest BCUT2D eigenvalue weighted by Gasteiger charge is 2.38. The molecule has 0 saturated heterocycles. The number of rotatable bonds is 7. The van der Waals surface area contributed by atoms with Crippen molar-refractivity contribution < 1.29 is 9.90 Å². The number of allylic oxidation sites excluding steroid dienone is 1. The van der Waals surface area contributed by atoms with Crippen molar-refractivity contribution in [3.8, 4) is 0 Å². The van der Waals surface area contributed by atoms with Gasteiger partial charge < -0.3 is 14.6 Å². The summed E-state index contributed by atoms with van der Waals surface area (Å²) in [6, 6.07) is 9.40. The number of benzene rings is 1. The Labute approximate surface area is 154 Å². The number of aliphatic hydroxyl groups excluding tert-OH is 1. The molecule has 1 aromatic heterocycles. The van der Waals surface area contributed by atoms with Crippen molar-refractivity contribution in [3.63, 3.8) is 0 Å². The molecule has 26 heavy (non-hydrogen) atoms. The first-order valence-electron chi connectivity index (χ1n) is 9.01. The molecule has 136 valence electrons.